The fraction of sp³-hybridized carbons (Fsp3) is 0.444. The lowest BCUT2D eigenvalue weighted by molar-refractivity contribution is -0.126. The zero-order valence-electron chi connectivity index (χ0n) is 14.8. The van der Waals surface area contributed by atoms with Gasteiger partial charge in [0.25, 0.3) is 0 Å². The molecule has 1 aromatic carbocycles. The van der Waals surface area contributed by atoms with Gasteiger partial charge in [-0.25, -0.2) is 4.98 Å². The lowest BCUT2D eigenvalue weighted by atomic mass is 10.2. The van der Waals surface area contributed by atoms with Crippen molar-refractivity contribution in [2.24, 2.45) is 0 Å². The molecule has 0 spiro atoms. The van der Waals surface area contributed by atoms with Gasteiger partial charge in [-0.1, -0.05) is 12.1 Å². The molecule has 2 amide bonds. The average molecular weight is 374 g/mol. The number of carbonyl (C=O) groups is 2. The molecule has 0 aliphatic carbocycles. The third-order valence-corrected chi connectivity index (χ3v) is 4.44. The second kappa shape index (κ2) is 7.92. The molecule has 2 aromatic rings. The van der Waals surface area contributed by atoms with Gasteiger partial charge in [0.05, 0.1) is 18.0 Å². The van der Waals surface area contributed by atoms with Crippen LogP contribution in [0.25, 0.3) is 10.9 Å². The van der Waals surface area contributed by atoms with E-state index in [-0.39, 0.29) is 24.3 Å². The first kappa shape index (κ1) is 18.5. The minimum absolute atomic E-state index is 0.0260. The first-order valence-corrected chi connectivity index (χ1v) is 9.08. The summed E-state index contributed by atoms with van der Waals surface area (Å²) < 4.78 is 7.37. The molecule has 1 aliphatic heterocycles. The Balaban J connectivity index is 1.69. The molecular weight excluding hydrogens is 352 g/mol. The summed E-state index contributed by atoms with van der Waals surface area (Å²) in [6, 6.07) is 6.78. The highest BCUT2D eigenvalue weighted by Crippen LogP contribution is 2.32. The smallest absolute Gasteiger partial charge is 0.249 e. The van der Waals surface area contributed by atoms with E-state index in [9.17, 15) is 9.59 Å². The van der Waals surface area contributed by atoms with E-state index in [2.05, 4.69) is 15.6 Å². The van der Waals surface area contributed by atoms with Crippen molar-refractivity contribution in [2.45, 2.75) is 38.8 Å². The third kappa shape index (κ3) is 3.91. The quantitative estimate of drug-likeness (QED) is 0.575. The number of aromatic nitrogens is 2. The predicted molar refractivity (Wildman–Crippen MR) is 102 cm³/mol. The maximum Gasteiger partial charge on any atom is 0.249 e. The number of nitrogens with one attached hydrogen (secondary N) is 2. The molecule has 2 N–H and O–H groups in total. The van der Waals surface area contributed by atoms with E-state index in [0.29, 0.717) is 23.7 Å². The molecule has 0 radical (unpaired) electrons. The number of fused-ring (bicyclic) bond motifs is 3. The maximum absolute atomic E-state index is 12.4. The van der Waals surface area contributed by atoms with E-state index in [1.165, 1.54) is 0 Å². The summed E-state index contributed by atoms with van der Waals surface area (Å²) in [4.78, 5) is 29.0. The van der Waals surface area contributed by atoms with Crippen molar-refractivity contribution in [2.75, 3.05) is 18.5 Å². The van der Waals surface area contributed by atoms with Crippen LogP contribution in [0.5, 0.6) is 0 Å². The van der Waals surface area contributed by atoms with Crippen molar-refractivity contribution in [3.63, 3.8) is 0 Å². The van der Waals surface area contributed by atoms with Gasteiger partial charge >= 0.3 is 0 Å². The largest absolute Gasteiger partial charge is 0.379 e. The average Bonchev–Trinajstić information content (AvgIpc) is 2.92. The van der Waals surface area contributed by atoms with Crippen molar-refractivity contribution >= 4 is 40.8 Å². The maximum atomic E-state index is 12.4. The fourth-order valence-corrected chi connectivity index (χ4v) is 3.26. The van der Waals surface area contributed by atoms with E-state index in [4.69, 9.17) is 17.0 Å². The first-order valence-electron chi connectivity index (χ1n) is 8.68. The number of benzene rings is 1. The highest BCUT2D eigenvalue weighted by Gasteiger charge is 2.33. The molecular formula is C18H22N4O3S. The van der Waals surface area contributed by atoms with E-state index < -0.39 is 6.04 Å². The molecule has 0 bridgehead atoms. The summed E-state index contributed by atoms with van der Waals surface area (Å²) in [6.07, 6.45) is 0.926. The molecule has 0 saturated carbocycles. The topological polar surface area (TPSA) is 85.2 Å². The third-order valence-electron chi connectivity index (χ3n) is 4.15. The molecule has 3 rings (SSSR count). The molecule has 138 valence electrons. The number of nitrogens with zero attached hydrogens (tertiary/aromatic N) is 2. The van der Waals surface area contributed by atoms with Crippen LogP contribution < -0.4 is 10.6 Å². The van der Waals surface area contributed by atoms with E-state index in [1.807, 2.05) is 38.1 Å². The molecule has 8 heteroatoms. The van der Waals surface area contributed by atoms with Crippen LogP contribution in [0.2, 0.25) is 0 Å². The Kier molecular flexibility index (Phi) is 5.63. The van der Waals surface area contributed by atoms with Crippen LogP contribution >= 0.6 is 12.2 Å². The van der Waals surface area contributed by atoms with Crippen molar-refractivity contribution < 1.29 is 14.3 Å². The van der Waals surface area contributed by atoms with Crippen LogP contribution in [0, 0.1) is 4.77 Å². The minimum atomic E-state index is -0.679. The van der Waals surface area contributed by atoms with Gasteiger partial charge in [0.15, 0.2) is 0 Å². The zero-order chi connectivity index (χ0) is 18.7. The lowest BCUT2D eigenvalue weighted by Gasteiger charge is -2.13. The summed E-state index contributed by atoms with van der Waals surface area (Å²) in [5.74, 6) is 0.166. The number of hydrogen-bond acceptors (Lipinski definition) is 5. The Bertz CT molecular complexity index is 894. The summed E-state index contributed by atoms with van der Waals surface area (Å²) >= 11 is 5.35. The SMILES string of the molecule is CC(C)OCCCNC(=O)CC1C(=O)Nc2c3ccccc3nc(=S)n21. The number of ether oxygens (including phenoxy) is 1. The number of amides is 2. The van der Waals surface area contributed by atoms with Crippen LogP contribution in [0.1, 0.15) is 32.7 Å². The molecule has 26 heavy (non-hydrogen) atoms. The summed E-state index contributed by atoms with van der Waals surface area (Å²) in [6.45, 7) is 5.03. The van der Waals surface area contributed by atoms with Gasteiger partial charge in [0, 0.05) is 18.5 Å². The first-order chi connectivity index (χ1) is 12.5. The van der Waals surface area contributed by atoms with Crippen molar-refractivity contribution in [3.8, 4) is 0 Å². The van der Waals surface area contributed by atoms with Crippen molar-refractivity contribution in [1.82, 2.24) is 14.9 Å². The Labute approximate surface area is 156 Å². The molecule has 1 atom stereocenters. The standard InChI is InChI=1S/C18H22N4O3S/c1-11(2)25-9-5-8-19-15(23)10-14-17(24)21-16-12-6-3-4-7-13(12)20-18(26)22(14)16/h3-4,6-7,11,14H,5,8-10H2,1-2H3,(H,19,23)(H,21,24). The van der Waals surface area contributed by atoms with Crippen molar-refractivity contribution in [1.29, 1.82) is 0 Å². The second-order valence-corrected chi connectivity index (χ2v) is 6.83. The fourth-order valence-electron chi connectivity index (χ4n) is 2.94. The molecule has 2 heterocycles. The van der Waals surface area contributed by atoms with E-state index in [0.717, 1.165) is 17.3 Å². The minimum Gasteiger partial charge on any atom is -0.379 e. The van der Waals surface area contributed by atoms with Crippen LogP contribution in [-0.4, -0.2) is 40.6 Å². The Morgan fingerprint density at radius 2 is 2.19 bits per heavy atom. The Hall–Kier alpha value is -2.32. The summed E-state index contributed by atoms with van der Waals surface area (Å²) in [7, 11) is 0. The van der Waals surface area contributed by atoms with Crippen LogP contribution in [0.3, 0.4) is 0 Å². The number of para-hydroxylation sites is 1. The highest BCUT2D eigenvalue weighted by molar-refractivity contribution is 7.71. The van der Waals surface area contributed by atoms with Crippen LogP contribution in [-0.2, 0) is 14.3 Å². The van der Waals surface area contributed by atoms with E-state index in [1.54, 1.807) is 4.57 Å². The number of hydrogen-bond donors (Lipinski definition) is 2. The van der Waals surface area contributed by atoms with Crippen molar-refractivity contribution in [3.05, 3.63) is 29.0 Å². The van der Waals surface area contributed by atoms with Crippen LogP contribution in [0.15, 0.2) is 24.3 Å². The van der Waals surface area contributed by atoms with Crippen LogP contribution in [0.4, 0.5) is 5.82 Å². The van der Waals surface area contributed by atoms with Gasteiger partial charge in [-0.2, -0.15) is 0 Å². The predicted octanol–water partition coefficient (Wildman–Crippen LogP) is 2.58. The zero-order valence-corrected chi connectivity index (χ0v) is 15.6. The molecule has 1 aliphatic rings. The molecule has 1 unspecified atom stereocenters. The van der Waals surface area contributed by atoms with Gasteiger partial charge in [-0.15, -0.1) is 0 Å². The molecule has 0 fully saturated rings. The van der Waals surface area contributed by atoms with Gasteiger partial charge in [-0.05, 0) is 44.6 Å². The van der Waals surface area contributed by atoms with E-state index >= 15 is 0 Å². The Morgan fingerprint density at radius 3 is 2.96 bits per heavy atom. The van der Waals surface area contributed by atoms with Gasteiger partial charge < -0.3 is 15.4 Å². The Morgan fingerprint density at radius 1 is 1.42 bits per heavy atom. The summed E-state index contributed by atoms with van der Waals surface area (Å²) in [5.41, 5.74) is 0.722. The molecule has 0 saturated heterocycles. The van der Waals surface area contributed by atoms with Gasteiger partial charge in [0.1, 0.15) is 11.9 Å². The number of anilines is 1. The second-order valence-electron chi connectivity index (χ2n) is 6.46. The molecule has 1 aromatic heterocycles. The normalized spacial score (nSPS) is 16.0. The lowest BCUT2D eigenvalue weighted by Crippen LogP contribution is -2.30. The van der Waals surface area contributed by atoms with Gasteiger partial charge in [0.2, 0.25) is 16.6 Å². The monoisotopic (exact) mass is 374 g/mol. The number of carbonyl (C=O) groups excluding carboxylic acids is 2. The van der Waals surface area contributed by atoms with Gasteiger partial charge in [-0.3, -0.25) is 14.2 Å². The summed E-state index contributed by atoms with van der Waals surface area (Å²) in [5, 5.41) is 6.48. The number of rotatable bonds is 7. The highest BCUT2D eigenvalue weighted by atomic mass is 32.1. The molecule has 7 nitrogen and oxygen atoms in total.